The van der Waals surface area contributed by atoms with E-state index in [4.69, 9.17) is 4.74 Å². The Morgan fingerprint density at radius 1 is 0.971 bits per heavy atom. The smallest absolute Gasteiger partial charge is 0.331 e. The van der Waals surface area contributed by atoms with Crippen LogP contribution in [-0.2, 0) is 20.7 Å². The summed E-state index contributed by atoms with van der Waals surface area (Å²) in [6.45, 7) is 12.3. The van der Waals surface area contributed by atoms with Crippen molar-refractivity contribution in [2.75, 3.05) is 29.9 Å². The fourth-order valence-electron chi connectivity index (χ4n) is 3.74. The van der Waals surface area contributed by atoms with Crippen LogP contribution in [0.3, 0.4) is 0 Å². The summed E-state index contributed by atoms with van der Waals surface area (Å²) in [7, 11) is 0. The number of ether oxygens (including phenoxy) is 1. The molecule has 0 saturated heterocycles. The maximum absolute atomic E-state index is 13.0. The fraction of sp³-hybridized carbons (Fsp3) is 0.448. The zero-order valence-corrected chi connectivity index (χ0v) is 21.4. The predicted molar refractivity (Wildman–Crippen MR) is 142 cm³/mol. The molecule has 0 aliphatic carbocycles. The van der Waals surface area contributed by atoms with Crippen LogP contribution >= 0.6 is 0 Å². The summed E-state index contributed by atoms with van der Waals surface area (Å²) >= 11 is 0. The van der Waals surface area contributed by atoms with Crippen molar-refractivity contribution in [2.45, 2.75) is 66.7 Å². The van der Waals surface area contributed by atoms with E-state index >= 15 is 0 Å². The topological polar surface area (TPSA) is 58.6 Å². The first-order valence-electron chi connectivity index (χ1n) is 12.5. The number of nitrogens with one attached hydrogen (secondary N) is 1. The Kier molecular flexibility index (Phi) is 11.4. The second-order valence-electron chi connectivity index (χ2n) is 8.72. The number of carbonyl (C=O) groups is 2. The number of unbranched alkanes of at least 4 members (excludes halogenated alkanes) is 2. The largest absolute Gasteiger partial charge is 0.463 e. The van der Waals surface area contributed by atoms with Gasteiger partial charge >= 0.3 is 5.97 Å². The Hall–Kier alpha value is -3.08. The number of hydrogen-bond acceptors (Lipinski definition) is 4. The molecule has 2 aromatic carbocycles. The van der Waals surface area contributed by atoms with E-state index in [1.807, 2.05) is 50.2 Å². The number of hydrogen-bond donors (Lipinski definition) is 1. The first-order chi connectivity index (χ1) is 16.4. The van der Waals surface area contributed by atoms with Gasteiger partial charge in [-0.15, -0.1) is 0 Å². The summed E-state index contributed by atoms with van der Waals surface area (Å²) in [5.41, 5.74) is 5.63. The molecule has 0 aliphatic heterocycles. The molecule has 0 fully saturated rings. The van der Waals surface area contributed by atoms with Gasteiger partial charge in [0.15, 0.2) is 0 Å². The van der Waals surface area contributed by atoms with Crippen LogP contribution in [-0.4, -0.2) is 31.6 Å². The lowest BCUT2D eigenvalue weighted by atomic mass is 10.0. The third-order valence-corrected chi connectivity index (χ3v) is 5.74. The maximum atomic E-state index is 13.0. The van der Waals surface area contributed by atoms with Gasteiger partial charge < -0.3 is 15.0 Å². The Morgan fingerprint density at radius 3 is 2.21 bits per heavy atom. The van der Waals surface area contributed by atoms with Crippen molar-refractivity contribution >= 4 is 28.8 Å². The zero-order chi connectivity index (χ0) is 24.9. The van der Waals surface area contributed by atoms with Crippen molar-refractivity contribution in [1.29, 1.82) is 0 Å². The number of amides is 1. The zero-order valence-electron chi connectivity index (χ0n) is 21.4. The second kappa shape index (κ2) is 14.2. The molecule has 184 valence electrons. The third-order valence-electron chi connectivity index (χ3n) is 5.74. The molecule has 0 saturated carbocycles. The fourth-order valence-corrected chi connectivity index (χ4v) is 3.74. The van der Waals surface area contributed by atoms with E-state index in [1.54, 1.807) is 6.92 Å². The van der Waals surface area contributed by atoms with E-state index in [0.29, 0.717) is 13.0 Å². The molecule has 0 heterocycles. The lowest BCUT2D eigenvalue weighted by Gasteiger charge is -2.28. The lowest BCUT2D eigenvalue weighted by Crippen LogP contribution is -2.27. The van der Waals surface area contributed by atoms with Gasteiger partial charge in [-0.3, -0.25) is 4.79 Å². The molecule has 0 radical (unpaired) electrons. The van der Waals surface area contributed by atoms with E-state index in [1.165, 1.54) is 11.6 Å². The Labute approximate surface area is 205 Å². The van der Waals surface area contributed by atoms with Gasteiger partial charge in [-0.25, -0.2) is 4.79 Å². The van der Waals surface area contributed by atoms with Crippen molar-refractivity contribution in [2.24, 2.45) is 0 Å². The molecule has 34 heavy (non-hydrogen) atoms. The van der Waals surface area contributed by atoms with Gasteiger partial charge in [0.25, 0.3) is 0 Å². The van der Waals surface area contributed by atoms with Crippen LogP contribution in [0, 0.1) is 6.92 Å². The summed E-state index contributed by atoms with van der Waals surface area (Å²) < 4.78 is 5.06. The van der Waals surface area contributed by atoms with Crippen LogP contribution in [0.2, 0.25) is 0 Å². The third kappa shape index (κ3) is 8.69. The summed E-state index contributed by atoms with van der Waals surface area (Å²) in [5, 5.41) is 3.16. The molecule has 0 atom stereocenters. The Morgan fingerprint density at radius 2 is 1.62 bits per heavy atom. The summed E-state index contributed by atoms with van der Waals surface area (Å²) in [6.07, 6.45) is 6.20. The molecule has 2 aromatic rings. The van der Waals surface area contributed by atoms with Crippen LogP contribution in [0.4, 0.5) is 11.4 Å². The quantitative estimate of drug-likeness (QED) is 0.270. The number of nitrogens with zero attached hydrogens (tertiary/aromatic N) is 1. The minimum atomic E-state index is -0.360. The Balaban J connectivity index is 2.37. The molecular formula is C29H40N2O3. The summed E-state index contributed by atoms with van der Waals surface area (Å²) in [6, 6.07) is 14.1. The maximum Gasteiger partial charge on any atom is 0.331 e. The minimum Gasteiger partial charge on any atom is -0.463 e. The Bertz CT molecular complexity index is 956. The van der Waals surface area contributed by atoms with Crippen LogP contribution < -0.4 is 10.2 Å². The monoisotopic (exact) mass is 464 g/mol. The standard InChI is InChI=1S/C29H40N2O3/c1-6-9-17-31(18-10-7-2)27-16-15-25(23(5)19-29(33)34-8-3)21-26(27)30-28(32)20-24-13-11-22(4)12-14-24/h11-16,19,21H,6-10,17-18,20H2,1-5H3,(H,30,32)/b23-19+. The SMILES string of the molecule is CCCCN(CCCC)c1ccc(/C(C)=C/C(=O)OCC)cc1NC(=O)Cc1ccc(C)cc1. The van der Waals surface area contributed by atoms with E-state index < -0.39 is 0 Å². The normalized spacial score (nSPS) is 11.3. The average Bonchev–Trinajstić information content (AvgIpc) is 2.81. The summed E-state index contributed by atoms with van der Waals surface area (Å²) in [4.78, 5) is 27.3. The molecule has 0 bridgehead atoms. The van der Waals surface area contributed by atoms with Crippen molar-refractivity contribution in [3.05, 3.63) is 65.2 Å². The second-order valence-corrected chi connectivity index (χ2v) is 8.72. The van der Waals surface area contributed by atoms with E-state index in [2.05, 4.69) is 30.1 Å². The molecule has 5 nitrogen and oxygen atoms in total. The van der Waals surface area contributed by atoms with Crippen molar-refractivity contribution in [3.8, 4) is 0 Å². The van der Waals surface area contributed by atoms with E-state index in [9.17, 15) is 9.59 Å². The van der Waals surface area contributed by atoms with Gasteiger partial charge in [0.1, 0.15) is 0 Å². The highest BCUT2D eigenvalue weighted by molar-refractivity contribution is 5.97. The number of benzene rings is 2. The number of carbonyl (C=O) groups excluding carboxylic acids is 2. The molecular weight excluding hydrogens is 424 g/mol. The highest BCUT2D eigenvalue weighted by Gasteiger charge is 2.15. The van der Waals surface area contributed by atoms with Gasteiger partial charge in [0, 0.05) is 19.2 Å². The number of anilines is 2. The van der Waals surface area contributed by atoms with Crippen LogP contribution in [0.15, 0.2) is 48.5 Å². The molecule has 2 rings (SSSR count). The van der Waals surface area contributed by atoms with Crippen LogP contribution in [0.5, 0.6) is 0 Å². The van der Waals surface area contributed by atoms with Crippen molar-refractivity contribution in [1.82, 2.24) is 0 Å². The van der Waals surface area contributed by atoms with Crippen molar-refractivity contribution in [3.63, 3.8) is 0 Å². The molecule has 0 aromatic heterocycles. The first-order valence-corrected chi connectivity index (χ1v) is 12.5. The van der Waals surface area contributed by atoms with E-state index in [0.717, 1.165) is 66.8 Å². The van der Waals surface area contributed by atoms with Gasteiger partial charge in [-0.05, 0) is 62.4 Å². The van der Waals surface area contributed by atoms with E-state index in [-0.39, 0.29) is 11.9 Å². The minimum absolute atomic E-state index is 0.0554. The van der Waals surface area contributed by atoms with Gasteiger partial charge in [0.2, 0.25) is 5.91 Å². The highest BCUT2D eigenvalue weighted by Crippen LogP contribution is 2.31. The van der Waals surface area contributed by atoms with Crippen molar-refractivity contribution < 1.29 is 14.3 Å². The van der Waals surface area contributed by atoms with Gasteiger partial charge in [-0.2, -0.15) is 0 Å². The predicted octanol–water partition coefficient (Wildman–Crippen LogP) is 6.55. The average molecular weight is 465 g/mol. The lowest BCUT2D eigenvalue weighted by molar-refractivity contribution is -0.137. The molecule has 1 N–H and O–H groups in total. The van der Waals surface area contributed by atoms with Gasteiger partial charge in [-0.1, -0.05) is 62.6 Å². The van der Waals surface area contributed by atoms with Gasteiger partial charge in [0.05, 0.1) is 24.4 Å². The molecule has 0 unspecified atom stereocenters. The number of aryl methyl sites for hydroxylation is 1. The molecule has 1 amide bonds. The number of rotatable bonds is 13. The number of allylic oxidation sites excluding steroid dienone is 1. The number of esters is 1. The molecule has 0 spiro atoms. The van der Waals surface area contributed by atoms with Crippen LogP contribution in [0.25, 0.3) is 5.57 Å². The first kappa shape index (κ1) is 27.2. The van der Waals surface area contributed by atoms with Crippen LogP contribution in [0.1, 0.15) is 70.1 Å². The molecule has 5 heteroatoms. The summed E-state index contributed by atoms with van der Waals surface area (Å²) in [5.74, 6) is -0.415. The highest BCUT2D eigenvalue weighted by atomic mass is 16.5. The molecule has 0 aliphatic rings.